The van der Waals surface area contributed by atoms with Crippen LogP contribution in [0.15, 0.2) is 18.2 Å². The van der Waals surface area contributed by atoms with Gasteiger partial charge >= 0.3 is 18.2 Å². The van der Waals surface area contributed by atoms with E-state index < -0.39 is 23.8 Å². The predicted octanol–water partition coefficient (Wildman–Crippen LogP) is 4.46. The minimum absolute atomic E-state index is 0.0549. The van der Waals surface area contributed by atoms with Crippen LogP contribution in [0.5, 0.6) is 0 Å². The van der Waals surface area contributed by atoms with Crippen molar-refractivity contribution in [3.05, 3.63) is 29.3 Å². The molecule has 0 saturated carbocycles. The highest BCUT2D eigenvalue weighted by molar-refractivity contribution is 5.91. The normalized spacial score (nSPS) is 16.5. The van der Waals surface area contributed by atoms with Crippen LogP contribution in [0.3, 0.4) is 0 Å². The van der Waals surface area contributed by atoms with Crippen LogP contribution in [0.2, 0.25) is 0 Å². The van der Waals surface area contributed by atoms with Gasteiger partial charge in [0.2, 0.25) is 0 Å². The molecule has 28 heavy (non-hydrogen) atoms. The van der Waals surface area contributed by atoms with Gasteiger partial charge in [-0.25, -0.2) is 9.59 Å². The Hall–Kier alpha value is -2.45. The van der Waals surface area contributed by atoms with Gasteiger partial charge in [-0.1, -0.05) is 0 Å². The van der Waals surface area contributed by atoms with E-state index >= 15 is 0 Å². The SMILES string of the molecule is CCOC(=O)c1ccc(C(F)(F)F)c(NC(C)CC2CCN(C(=O)O)CC2)c1. The Kier molecular flexibility index (Phi) is 7.15. The molecule has 1 amide bonds. The second-order valence-electron chi connectivity index (χ2n) is 6.97. The van der Waals surface area contributed by atoms with Crippen molar-refractivity contribution in [2.45, 2.75) is 45.3 Å². The van der Waals surface area contributed by atoms with Crippen molar-refractivity contribution >= 4 is 17.7 Å². The Morgan fingerprint density at radius 3 is 2.50 bits per heavy atom. The van der Waals surface area contributed by atoms with Crippen LogP contribution in [-0.2, 0) is 10.9 Å². The summed E-state index contributed by atoms with van der Waals surface area (Å²) in [5, 5.41) is 11.9. The van der Waals surface area contributed by atoms with Gasteiger partial charge in [0, 0.05) is 24.8 Å². The molecule has 2 N–H and O–H groups in total. The van der Waals surface area contributed by atoms with E-state index in [9.17, 15) is 22.8 Å². The number of carboxylic acid groups (broad SMARTS) is 1. The molecule has 0 aliphatic carbocycles. The van der Waals surface area contributed by atoms with Gasteiger partial charge in [-0.15, -0.1) is 0 Å². The number of esters is 1. The van der Waals surface area contributed by atoms with E-state index in [1.807, 2.05) is 0 Å². The molecule has 156 valence electrons. The van der Waals surface area contributed by atoms with Crippen LogP contribution < -0.4 is 5.32 Å². The second-order valence-corrected chi connectivity index (χ2v) is 6.97. The van der Waals surface area contributed by atoms with Crippen LogP contribution >= 0.6 is 0 Å². The lowest BCUT2D eigenvalue weighted by atomic mass is 9.90. The smallest absolute Gasteiger partial charge is 0.418 e. The number of carbonyl (C=O) groups excluding carboxylic acids is 1. The third kappa shape index (κ3) is 5.77. The van der Waals surface area contributed by atoms with Gasteiger partial charge in [0.25, 0.3) is 0 Å². The Morgan fingerprint density at radius 1 is 1.32 bits per heavy atom. The summed E-state index contributed by atoms with van der Waals surface area (Å²) >= 11 is 0. The lowest BCUT2D eigenvalue weighted by molar-refractivity contribution is -0.137. The van der Waals surface area contributed by atoms with Crippen molar-refractivity contribution in [2.75, 3.05) is 25.0 Å². The van der Waals surface area contributed by atoms with Crippen LogP contribution in [0, 0.1) is 5.92 Å². The molecule has 1 aliphatic rings. The Bertz CT molecular complexity index is 701. The first kappa shape index (κ1) is 21.8. The van der Waals surface area contributed by atoms with Crippen molar-refractivity contribution in [1.82, 2.24) is 4.90 Å². The molecule has 1 atom stereocenters. The van der Waals surface area contributed by atoms with Crippen molar-refractivity contribution in [2.24, 2.45) is 5.92 Å². The minimum Gasteiger partial charge on any atom is -0.465 e. The summed E-state index contributed by atoms with van der Waals surface area (Å²) in [5.74, 6) is -0.450. The quantitative estimate of drug-likeness (QED) is 0.687. The van der Waals surface area contributed by atoms with Gasteiger partial charge in [-0.3, -0.25) is 0 Å². The number of rotatable bonds is 6. The van der Waals surface area contributed by atoms with E-state index in [1.165, 1.54) is 11.0 Å². The lowest BCUT2D eigenvalue weighted by Crippen LogP contribution is -2.38. The van der Waals surface area contributed by atoms with Crippen molar-refractivity contribution in [3.63, 3.8) is 0 Å². The fourth-order valence-corrected chi connectivity index (χ4v) is 3.44. The molecule has 1 saturated heterocycles. The van der Waals surface area contributed by atoms with Gasteiger partial charge in [-0.05, 0) is 57.2 Å². The topological polar surface area (TPSA) is 78.9 Å². The molecule has 1 aliphatic heterocycles. The number of likely N-dealkylation sites (tertiary alicyclic amines) is 1. The summed E-state index contributed by atoms with van der Waals surface area (Å²) in [6, 6.07) is 2.88. The van der Waals surface area contributed by atoms with Gasteiger partial charge in [0.1, 0.15) is 0 Å². The Labute approximate surface area is 161 Å². The standard InChI is InChI=1S/C19H25F3N2O4/c1-3-28-17(25)14-4-5-15(19(20,21)22)16(11-14)23-12(2)10-13-6-8-24(9-7-13)18(26)27/h4-5,11-13,23H,3,6-10H2,1-2H3,(H,26,27). The number of carbonyl (C=O) groups is 2. The molecule has 2 rings (SSSR count). The number of alkyl halides is 3. The number of benzene rings is 1. The molecule has 0 bridgehead atoms. The average Bonchev–Trinajstić information content (AvgIpc) is 2.61. The molecule has 1 fully saturated rings. The zero-order valence-electron chi connectivity index (χ0n) is 15.9. The van der Waals surface area contributed by atoms with Gasteiger partial charge in [0.15, 0.2) is 0 Å². The third-order valence-electron chi connectivity index (χ3n) is 4.81. The summed E-state index contributed by atoms with van der Waals surface area (Å²) in [7, 11) is 0. The molecule has 6 nitrogen and oxygen atoms in total. The maximum atomic E-state index is 13.3. The fraction of sp³-hybridized carbons (Fsp3) is 0.579. The number of anilines is 1. The molecule has 1 aromatic rings. The maximum Gasteiger partial charge on any atom is 0.418 e. The van der Waals surface area contributed by atoms with E-state index in [-0.39, 0.29) is 29.8 Å². The number of amides is 1. The molecule has 0 spiro atoms. The fourth-order valence-electron chi connectivity index (χ4n) is 3.44. The first-order valence-corrected chi connectivity index (χ1v) is 9.24. The lowest BCUT2D eigenvalue weighted by Gasteiger charge is -2.32. The summed E-state index contributed by atoms with van der Waals surface area (Å²) in [6.07, 6.45) is -3.55. The number of halogens is 3. The Balaban J connectivity index is 2.09. The predicted molar refractivity (Wildman–Crippen MR) is 97.4 cm³/mol. The first-order valence-electron chi connectivity index (χ1n) is 9.24. The van der Waals surface area contributed by atoms with Crippen molar-refractivity contribution in [1.29, 1.82) is 0 Å². The highest BCUT2D eigenvalue weighted by atomic mass is 19.4. The number of hydrogen-bond acceptors (Lipinski definition) is 4. The minimum atomic E-state index is -4.55. The van der Waals surface area contributed by atoms with Gasteiger partial charge < -0.3 is 20.1 Å². The zero-order chi connectivity index (χ0) is 20.9. The summed E-state index contributed by atoms with van der Waals surface area (Å²) in [4.78, 5) is 24.2. The van der Waals surface area contributed by atoms with Crippen molar-refractivity contribution < 1.29 is 32.6 Å². The molecule has 0 radical (unpaired) electrons. The second kappa shape index (κ2) is 9.16. The summed E-state index contributed by atoms with van der Waals surface area (Å²) < 4.78 is 44.9. The number of nitrogens with one attached hydrogen (secondary N) is 1. The molecular weight excluding hydrogens is 377 g/mol. The summed E-state index contributed by atoms with van der Waals surface area (Å²) in [5.41, 5.74) is -0.944. The summed E-state index contributed by atoms with van der Waals surface area (Å²) in [6.45, 7) is 4.39. The zero-order valence-corrected chi connectivity index (χ0v) is 15.9. The van der Waals surface area contributed by atoms with E-state index in [0.29, 0.717) is 32.4 Å². The first-order chi connectivity index (χ1) is 13.1. The molecular formula is C19H25F3N2O4. The van der Waals surface area contributed by atoms with E-state index in [2.05, 4.69) is 5.32 Å². The van der Waals surface area contributed by atoms with Gasteiger partial charge in [-0.2, -0.15) is 13.2 Å². The molecule has 1 heterocycles. The number of hydrogen-bond donors (Lipinski definition) is 2. The van der Waals surface area contributed by atoms with E-state index in [0.717, 1.165) is 12.1 Å². The number of ether oxygens (including phenoxy) is 1. The van der Waals surface area contributed by atoms with Crippen LogP contribution in [0.25, 0.3) is 0 Å². The van der Waals surface area contributed by atoms with Crippen LogP contribution in [0.4, 0.5) is 23.7 Å². The number of nitrogens with zero attached hydrogens (tertiary/aromatic N) is 1. The van der Waals surface area contributed by atoms with Gasteiger partial charge in [0.05, 0.1) is 17.7 Å². The largest absolute Gasteiger partial charge is 0.465 e. The van der Waals surface area contributed by atoms with Crippen molar-refractivity contribution in [3.8, 4) is 0 Å². The van der Waals surface area contributed by atoms with Crippen LogP contribution in [-0.4, -0.2) is 47.8 Å². The monoisotopic (exact) mass is 402 g/mol. The highest BCUT2D eigenvalue weighted by Gasteiger charge is 2.34. The maximum absolute atomic E-state index is 13.3. The molecule has 0 aromatic heterocycles. The Morgan fingerprint density at radius 2 is 1.96 bits per heavy atom. The highest BCUT2D eigenvalue weighted by Crippen LogP contribution is 2.36. The molecule has 9 heteroatoms. The van der Waals surface area contributed by atoms with E-state index in [1.54, 1.807) is 13.8 Å². The van der Waals surface area contributed by atoms with E-state index in [4.69, 9.17) is 9.84 Å². The van der Waals surface area contributed by atoms with Crippen LogP contribution in [0.1, 0.15) is 49.0 Å². The molecule has 1 unspecified atom stereocenters. The molecule has 1 aromatic carbocycles. The third-order valence-corrected chi connectivity index (χ3v) is 4.81. The number of piperidine rings is 1. The average molecular weight is 402 g/mol.